The molecule has 3 rings (SSSR count). The first-order chi connectivity index (χ1) is 9.69. The van der Waals surface area contributed by atoms with Crippen LogP contribution in [0.3, 0.4) is 0 Å². The van der Waals surface area contributed by atoms with Crippen LogP contribution in [0.2, 0.25) is 0 Å². The van der Waals surface area contributed by atoms with Gasteiger partial charge in [-0.3, -0.25) is 4.79 Å². The Bertz CT molecular complexity index is 665. The standard InChI is InChI=1S/C18H16OS/c1-3-11-7-6-10-14-15(11)17(19)13-9-5-8-12(4-2)16(13)18(14)20/h5-10H,3-4H2,1-2H3. The molecular weight excluding hydrogens is 264 g/mol. The predicted molar refractivity (Wildman–Crippen MR) is 85.9 cm³/mol. The van der Waals surface area contributed by atoms with Crippen molar-refractivity contribution in [2.75, 3.05) is 0 Å². The Morgan fingerprint density at radius 2 is 1.40 bits per heavy atom. The number of thiocarbonyl (C=S) groups is 1. The third kappa shape index (κ3) is 1.75. The zero-order valence-electron chi connectivity index (χ0n) is 11.7. The van der Waals surface area contributed by atoms with E-state index in [0.29, 0.717) is 0 Å². The summed E-state index contributed by atoms with van der Waals surface area (Å²) in [7, 11) is 0. The Hall–Kier alpha value is -1.80. The van der Waals surface area contributed by atoms with Gasteiger partial charge in [-0.2, -0.15) is 0 Å². The maximum Gasteiger partial charge on any atom is 0.194 e. The smallest absolute Gasteiger partial charge is 0.194 e. The fourth-order valence-electron chi connectivity index (χ4n) is 2.97. The van der Waals surface area contributed by atoms with Crippen LogP contribution in [-0.2, 0) is 12.8 Å². The van der Waals surface area contributed by atoms with Crippen LogP contribution in [0, 0.1) is 0 Å². The van der Waals surface area contributed by atoms with E-state index >= 15 is 0 Å². The Kier molecular flexibility index (Phi) is 3.27. The van der Waals surface area contributed by atoms with E-state index in [1.165, 1.54) is 0 Å². The molecule has 0 radical (unpaired) electrons. The first kappa shape index (κ1) is 13.2. The fourth-order valence-corrected chi connectivity index (χ4v) is 3.38. The summed E-state index contributed by atoms with van der Waals surface area (Å²) in [6.45, 7) is 4.17. The number of ketones is 1. The third-order valence-electron chi connectivity index (χ3n) is 4.01. The Labute approximate surface area is 124 Å². The van der Waals surface area contributed by atoms with Crippen molar-refractivity contribution in [3.05, 3.63) is 69.8 Å². The molecule has 0 saturated carbocycles. The number of carbonyl (C=O) groups is 1. The van der Waals surface area contributed by atoms with Crippen molar-refractivity contribution < 1.29 is 4.79 Å². The van der Waals surface area contributed by atoms with E-state index in [4.69, 9.17) is 12.2 Å². The van der Waals surface area contributed by atoms with Crippen molar-refractivity contribution in [3.8, 4) is 0 Å². The predicted octanol–water partition coefficient (Wildman–Crippen LogP) is 4.12. The summed E-state index contributed by atoms with van der Waals surface area (Å²) in [5.41, 5.74) is 5.72. The Morgan fingerprint density at radius 1 is 0.850 bits per heavy atom. The van der Waals surface area contributed by atoms with Gasteiger partial charge in [0, 0.05) is 22.3 Å². The minimum Gasteiger partial charge on any atom is -0.289 e. The normalized spacial score (nSPS) is 13.1. The van der Waals surface area contributed by atoms with Crippen molar-refractivity contribution in [1.82, 2.24) is 0 Å². The number of hydrogen-bond acceptors (Lipinski definition) is 2. The van der Waals surface area contributed by atoms with Crippen molar-refractivity contribution in [1.29, 1.82) is 0 Å². The van der Waals surface area contributed by atoms with Gasteiger partial charge in [0.05, 0.1) is 4.86 Å². The van der Waals surface area contributed by atoms with Crippen LogP contribution >= 0.6 is 12.2 Å². The number of fused-ring (bicyclic) bond motifs is 2. The Morgan fingerprint density at radius 3 is 2.00 bits per heavy atom. The summed E-state index contributed by atoms with van der Waals surface area (Å²) in [6, 6.07) is 11.9. The van der Waals surface area contributed by atoms with E-state index < -0.39 is 0 Å². The highest BCUT2D eigenvalue weighted by Crippen LogP contribution is 2.32. The molecule has 100 valence electrons. The van der Waals surface area contributed by atoms with E-state index in [2.05, 4.69) is 19.9 Å². The summed E-state index contributed by atoms with van der Waals surface area (Å²) in [4.78, 5) is 13.7. The van der Waals surface area contributed by atoms with Crippen LogP contribution in [0.25, 0.3) is 0 Å². The highest BCUT2D eigenvalue weighted by Gasteiger charge is 2.29. The molecule has 20 heavy (non-hydrogen) atoms. The molecule has 1 aliphatic carbocycles. The second kappa shape index (κ2) is 4.95. The van der Waals surface area contributed by atoms with Crippen molar-refractivity contribution in [2.24, 2.45) is 0 Å². The molecule has 1 nitrogen and oxygen atoms in total. The number of hydrogen-bond donors (Lipinski definition) is 0. The molecule has 2 aromatic rings. The van der Waals surface area contributed by atoms with Gasteiger partial charge in [-0.15, -0.1) is 0 Å². The molecular formula is C18H16OS. The minimum atomic E-state index is 0.122. The molecule has 0 atom stereocenters. The van der Waals surface area contributed by atoms with Gasteiger partial charge in [-0.1, -0.05) is 62.5 Å². The third-order valence-corrected chi connectivity index (χ3v) is 4.43. The van der Waals surface area contributed by atoms with Gasteiger partial charge in [0.1, 0.15) is 0 Å². The van der Waals surface area contributed by atoms with Crippen molar-refractivity contribution >= 4 is 22.9 Å². The molecule has 0 amide bonds. The van der Waals surface area contributed by atoms with Gasteiger partial charge in [-0.25, -0.2) is 0 Å². The van der Waals surface area contributed by atoms with Gasteiger partial charge in [0.15, 0.2) is 5.78 Å². The maximum atomic E-state index is 12.8. The summed E-state index contributed by atoms with van der Waals surface area (Å²) in [5.74, 6) is 0.122. The average molecular weight is 280 g/mol. The van der Waals surface area contributed by atoms with Crippen molar-refractivity contribution in [3.63, 3.8) is 0 Å². The van der Waals surface area contributed by atoms with E-state index in [0.717, 1.165) is 51.1 Å². The fraction of sp³-hybridized carbons (Fsp3) is 0.222. The van der Waals surface area contributed by atoms with E-state index in [1.807, 2.05) is 30.3 Å². The van der Waals surface area contributed by atoms with Gasteiger partial charge >= 0.3 is 0 Å². The molecule has 0 bridgehead atoms. The van der Waals surface area contributed by atoms with Crippen molar-refractivity contribution in [2.45, 2.75) is 26.7 Å². The molecule has 1 aliphatic rings. The van der Waals surface area contributed by atoms with Gasteiger partial charge < -0.3 is 0 Å². The number of benzene rings is 2. The van der Waals surface area contributed by atoms with Crippen LogP contribution in [0.4, 0.5) is 0 Å². The second-order valence-corrected chi connectivity index (χ2v) is 5.45. The zero-order chi connectivity index (χ0) is 14.3. The zero-order valence-corrected chi connectivity index (χ0v) is 12.5. The summed E-state index contributed by atoms with van der Waals surface area (Å²) in [6.07, 6.45) is 1.74. The van der Waals surface area contributed by atoms with Crippen LogP contribution in [0.15, 0.2) is 36.4 Å². The number of carbonyl (C=O) groups excluding carboxylic acids is 1. The maximum absolute atomic E-state index is 12.8. The number of aryl methyl sites for hydroxylation is 2. The van der Waals surface area contributed by atoms with Crippen LogP contribution in [0.1, 0.15) is 52.0 Å². The first-order valence-electron chi connectivity index (χ1n) is 7.02. The second-order valence-electron chi connectivity index (χ2n) is 5.04. The lowest BCUT2D eigenvalue weighted by molar-refractivity contribution is 0.103. The Balaban J connectivity index is 2.34. The molecule has 0 unspecified atom stereocenters. The van der Waals surface area contributed by atoms with Crippen LogP contribution in [-0.4, -0.2) is 10.6 Å². The molecule has 0 spiro atoms. The lowest BCUT2D eigenvalue weighted by Gasteiger charge is -2.23. The summed E-state index contributed by atoms with van der Waals surface area (Å²) >= 11 is 5.68. The topological polar surface area (TPSA) is 17.1 Å². The largest absolute Gasteiger partial charge is 0.289 e. The van der Waals surface area contributed by atoms with Gasteiger partial charge in [0.2, 0.25) is 0 Å². The van der Waals surface area contributed by atoms with E-state index in [1.54, 1.807) is 0 Å². The molecule has 0 fully saturated rings. The molecule has 0 saturated heterocycles. The van der Waals surface area contributed by atoms with Crippen LogP contribution in [0.5, 0.6) is 0 Å². The number of rotatable bonds is 2. The summed E-state index contributed by atoms with van der Waals surface area (Å²) in [5, 5.41) is 0. The quantitative estimate of drug-likeness (QED) is 0.657. The lowest BCUT2D eigenvalue weighted by atomic mass is 9.80. The van der Waals surface area contributed by atoms with E-state index in [9.17, 15) is 4.79 Å². The molecule has 2 aromatic carbocycles. The first-order valence-corrected chi connectivity index (χ1v) is 7.43. The van der Waals surface area contributed by atoms with Gasteiger partial charge in [-0.05, 0) is 24.0 Å². The SMILES string of the molecule is CCc1cccc2c1C(=O)c1cccc(CC)c1C2=S. The molecule has 0 aliphatic heterocycles. The monoisotopic (exact) mass is 280 g/mol. The molecule has 0 aromatic heterocycles. The highest BCUT2D eigenvalue weighted by atomic mass is 32.1. The lowest BCUT2D eigenvalue weighted by Crippen LogP contribution is -2.23. The highest BCUT2D eigenvalue weighted by molar-refractivity contribution is 7.81. The van der Waals surface area contributed by atoms with Gasteiger partial charge in [0.25, 0.3) is 0 Å². The molecule has 0 heterocycles. The van der Waals surface area contributed by atoms with Crippen LogP contribution < -0.4 is 0 Å². The average Bonchev–Trinajstić information content (AvgIpc) is 2.50. The molecule has 0 N–H and O–H groups in total. The minimum absolute atomic E-state index is 0.122. The molecule has 2 heteroatoms. The van der Waals surface area contributed by atoms with E-state index in [-0.39, 0.29) is 5.78 Å². The summed E-state index contributed by atoms with van der Waals surface area (Å²) < 4.78 is 0.